The van der Waals surface area contributed by atoms with E-state index < -0.39 is 0 Å². The van der Waals surface area contributed by atoms with Crippen LogP contribution in [0.3, 0.4) is 0 Å². The van der Waals surface area contributed by atoms with Gasteiger partial charge in [-0.1, -0.05) is 6.92 Å². The molecule has 0 radical (unpaired) electrons. The Hall–Kier alpha value is -0.610. The third kappa shape index (κ3) is 0.881. The highest BCUT2D eigenvalue weighted by molar-refractivity contribution is 5.79. The third-order valence-electron chi connectivity index (χ3n) is 2.67. The molecule has 12 heavy (non-hydrogen) atoms. The summed E-state index contributed by atoms with van der Waals surface area (Å²) in [6.07, 6.45) is -0.389. The van der Waals surface area contributed by atoms with Crippen molar-refractivity contribution in [3.05, 3.63) is 0 Å². The van der Waals surface area contributed by atoms with Gasteiger partial charge in [0, 0.05) is 5.92 Å². The van der Waals surface area contributed by atoms with E-state index in [1.54, 1.807) is 0 Å². The molecule has 2 rings (SSSR count). The van der Waals surface area contributed by atoms with E-state index in [-0.39, 0.29) is 17.7 Å². The topological polar surface area (TPSA) is 48.1 Å². The lowest BCUT2D eigenvalue weighted by atomic mass is 9.94. The number of hydrogen-bond donors (Lipinski definition) is 0. The van der Waals surface area contributed by atoms with Crippen LogP contribution in [0.1, 0.15) is 6.92 Å². The number of hydrogen-bond acceptors (Lipinski definition) is 4. The fourth-order valence-electron chi connectivity index (χ4n) is 1.70. The van der Waals surface area contributed by atoms with Crippen LogP contribution in [0.5, 0.6) is 0 Å². The molecule has 68 valence electrons. The molecule has 2 fully saturated rings. The normalized spacial score (nSPS) is 44.8. The Bertz CT molecular complexity index is 215. The first-order chi connectivity index (χ1) is 5.70. The fourth-order valence-corrected chi connectivity index (χ4v) is 1.70. The van der Waals surface area contributed by atoms with E-state index in [1.807, 2.05) is 6.92 Å². The molecule has 1 spiro atoms. The van der Waals surface area contributed by atoms with Crippen LogP contribution < -0.4 is 0 Å². The molecule has 4 nitrogen and oxygen atoms in total. The van der Waals surface area contributed by atoms with Crippen molar-refractivity contribution < 1.29 is 19.0 Å². The number of epoxide rings is 1. The number of carbonyl (C=O) groups is 1. The summed E-state index contributed by atoms with van der Waals surface area (Å²) in [5.41, 5.74) is -0.354. The first-order valence-corrected chi connectivity index (χ1v) is 4.04. The standard InChI is InChI=1S/C8H12O4/c1-5-3-11-4-8(5)6(12-8)7(9)10-2/h5-6H,3-4H2,1-2H3. The van der Waals surface area contributed by atoms with Gasteiger partial charge in [0.2, 0.25) is 0 Å². The Morgan fingerprint density at radius 1 is 1.67 bits per heavy atom. The lowest BCUT2D eigenvalue weighted by Gasteiger charge is -2.05. The van der Waals surface area contributed by atoms with Gasteiger partial charge in [-0.25, -0.2) is 4.79 Å². The first kappa shape index (κ1) is 8.01. The molecule has 2 saturated heterocycles. The van der Waals surface area contributed by atoms with Gasteiger partial charge in [0.1, 0.15) is 5.60 Å². The quantitative estimate of drug-likeness (QED) is 0.411. The van der Waals surface area contributed by atoms with Gasteiger partial charge in [-0.3, -0.25) is 0 Å². The van der Waals surface area contributed by atoms with Crippen LogP contribution in [0.15, 0.2) is 0 Å². The average molecular weight is 172 g/mol. The summed E-state index contributed by atoms with van der Waals surface area (Å²) in [6, 6.07) is 0. The molecule has 0 bridgehead atoms. The minimum atomic E-state index is -0.389. The summed E-state index contributed by atoms with van der Waals surface area (Å²) in [6.45, 7) is 3.22. The van der Waals surface area contributed by atoms with E-state index in [4.69, 9.17) is 9.47 Å². The van der Waals surface area contributed by atoms with E-state index in [2.05, 4.69) is 4.74 Å². The molecule has 0 saturated carbocycles. The van der Waals surface area contributed by atoms with Gasteiger partial charge in [-0.15, -0.1) is 0 Å². The molecule has 0 aromatic carbocycles. The van der Waals surface area contributed by atoms with E-state index in [0.29, 0.717) is 19.1 Å². The summed E-state index contributed by atoms with van der Waals surface area (Å²) in [7, 11) is 1.37. The molecule has 0 aromatic heterocycles. The Kier molecular flexibility index (Phi) is 1.63. The SMILES string of the molecule is COC(=O)C1OC12COCC2C. The maximum Gasteiger partial charge on any atom is 0.338 e. The van der Waals surface area contributed by atoms with E-state index in [1.165, 1.54) is 7.11 Å². The van der Waals surface area contributed by atoms with Crippen LogP contribution >= 0.6 is 0 Å². The number of esters is 1. The fraction of sp³-hybridized carbons (Fsp3) is 0.875. The molecule has 4 heteroatoms. The minimum Gasteiger partial charge on any atom is -0.467 e. The molecular weight excluding hydrogens is 160 g/mol. The maximum absolute atomic E-state index is 11.1. The Morgan fingerprint density at radius 2 is 2.42 bits per heavy atom. The second-order valence-corrected chi connectivity index (χ2v) is 3.39. The Labute approximate surface area is 70.8 Å². The predicted molar refractivity (Wildman–Crippen MR) is 39.6 cm³/mol. The molecule has 0 aromatic rings. The van der Waals surface area contributed by atoms with Crippen LogP contribution in [0.2, 0.25) is 0 Å². The van der Waals surface area contributed by atoms with Crippen molar-refractivity contribution >= 4 is 5.97 Å². The van der Waals surface area contributed by atoms with E-state index in [0.717, 1.165) is 0 Å². The van der Waals surface area contributed by atoms with Crippen molar-refractivity contribution in [3.8, 4) is 0 Å². The summed E-state index contributed by atoms with van der Waals surface area (Å²) >= 11 is 0. The van der Waals surface area contributed by atoms with Crippen LogP contribution in [0.25, 0.3) is 0 Å². The molecule has 0 aliphatic carbocycles. The molecule has 2 aliphatic heterocycles. The van der Waals surface area contributed by atoms with Crippen molar-refractivity contribution in [1.29, 1.82) is 0 Å². The third-order valence-corrected chi connectivity index (χ3v) is 2.67. The molecular formula is C8H12O4. The summed E-state index contributed by atoms with van der Waals surface area (Å²) in [5, 5.41) is 0. The number of rotatable bonds is 1. The zero-order chi connectivity index (χ0) is 8.77. The summed E-state index contributed by atoms with van der Waals surface area (Å²) in [5.74, 6) is 0.00829. The smallest absolute Gasteiger partial charge is 0.338 e. The van der Waals surface area contributed by atoms with E-state index >= 15 is 0 Å². The molecule has 3 atom stereocenters. The molecule has 2 aliphatic rings. The lowest BCUT2D eigenvalue weighted by molar-refractivity contribution is -0.142. The summed E-state index contributed by atoms with van der Waals surface area (Å²) in [4.78, 5) is 11.1. The van der Waals surface area contributed by atoms with Crippen molar-refractivity contribution in [1.82, 2.24) is 0 Å². The molecule has 2 heterocycles. The number of carbonyl (C=O) groups excluding carboxylic acids is 1. The van der Waals surface area contributed by atoms with Crippen molar-refractivity contribution in [2.45, 2.75) is 18.6 Å². The monoisotopic (exact) mass is 172 g/mol. The highest BCUT2D eigenvalue weighted by atomic mass is 16.7. The number of methoxy groups -OCH3 is 1. The minimum absolute atomic E-state index is 0.285. The van der Waals surface area contributed by atoms with Crippen molar-refractivity contribution in [2.75, 3.05) is 20.3 Å². The van der Waals surface area contributed by atoms with Crippen molar-refractivity contribution in [3.63, 3.8) is 0 Å². The van der Waals surface area contributed by atoms with Crippen LogP contribution in [0.4, 0.5) is 0 Å². The van der Waals surface area contributed by atoms with Crippen LogP contribution in [0, 0.1) is 5.92 Å². The van der Waals surface area contributed by atoms with Gasteiger partial charge in [0.05, 0.1) is 20.3 Å². The van der Waals surface area contributed by atoms with Gasteiger partial charge in [0.15, 0.2) is 6.10 Å². The van der Waals surface area contributed by atoms with Crippen LogP contribution in [-0.4, -0.2) is 38.0 Å². The molecule has 3 unspecified atom stereocenters. The van der Waals surface area contributed by atoms with Gasteiger partial charge < -0.3 is 14.2 Å². The highest BCUT2D eigenvalue weighted by Crippen LogP contribution is 2.47. The number of ether oxygens (including phenoxy) is 3. The van der Waals surface area contributed by atoms with Gasteiger partial charge >= 0.3 is 5.97 Å². The van der Waals surface area contributed by atoms with E-state index in [9.17, 15) is 4.79 Å². The Balaban J connectivity index is 2.04. The molecule has 0 amide bonds. The summed E-state index contributed by atoms with van der Waals surface area (Å²) < 4.78 is 15.1. The Morgan fingerprint density at radius 3 is 2.92 bits per heavy atom. The first-order valence-electron chi connectivity index (χ1n) is 4.04. The highest BCUT2D eigenvalue weighted by Gasteiger charge is 2.67. The van der Waals surface area contributed by atoms with Gasteiger partial charge in [0.25, 0.3) is 0 Å². The maximum atomic E-state index is 11.1. The predicted octanol–water partition coefficient (Wildman–Crippen LogP) is -0.0367. The van der Waals surface area contributed by atoms with Gasteiger partial charge in [-0.2, -0.15) is 0 Å². The van der Waals surface area contributed by atoms with Crippen molar-refractivity contribution in [2.24, 2.45) is 5.92 Å². The second kappa shape index (κ2) is 2.44. The zero-order valence-electron chi connectivity index (χ0n) is 7.20. The molecule has 0 N–H and O–H groups in total. The van der Waals surface area contributed by atoms with Crippen LogP contribution in [-0.2, 0) is 19.0 Å². The lowest BCUT2D eigenvalue weighted by Crippen LogP contribution is -2.27. The average Bonchev–Trinajstić information content (AvgIpc) is 2.68. The largest absolute Gasteiger partial charge is 0.467 e. The zero-order valence-corrected chi connectivity index (χ0v) is 7.20. The van der Waals surface area contributed by atoms with Gasteiger partial charge in [-0.05, 0) is 0 Å². The second-order valence-electron chi connectivity index (χ2n) is 3.39.